The number of carbonyl (C=O) groups is 1. The molecule has 0 unspecified atom stereocenters. The maximum atomic E-state index is 12.1. The van der Waals surface area contributed by atoms with Gasteiger partial charge in [-0.25, -0.2) is 4.98 Å². The Bertz CT molecular complexity index is 1000. The third-order valence-electron chi connectivity index (χ3n) is 3.75. The van der Waals surface area contributed by atoms with Gasteiger partial charge in [0.2, 0.25) is 5.91 Å². The summed E-state index contributed by atoms with van der Waals surface area (Å²) in [5.74, 6) is 0.943. The lowest BCUT2D eigenvalue weighted by atomic mass is 10.2. The van der Waals surface area contributed by atoms with Gasteiger partial charge in [-0.05, 0) is 18.6 Å². The Morgan fingerprint density at radius 3 is 2.85 bits per heavy atom. The number of aryl methyl sites for hydroxylation is 1. The molecule has 27 heavy (non-hydrogen) atoms. The predicted molar refractivity (Wildman–Crippen MR) is 101 cm³/mol. The van der Waals surface area contributed by atoms with Crippen LogP contribution in [0, 0.1) is 17.0 Å². The van der Waals surface area contributed by atoms with Crippen molar-refractivity contribution in [2.24, 2.45) is 7.05 Å². The average molecular weight is 384 g/mol. The number of nitro benzene ring substituents is 1. The van der Waals surface area contributed by atoms with Crippen molar-refractivity contribution in [1.29, 1.82) is 0 Å². The van der Waals surface area contributed by atoms with Crippen LogP contribution in [0.5, 0.6) is 0 Å². The SMILES string of the molecule is Cc1cccnc1NC(=O)CSc1nnc(-c2cccc([N+](=O)[O-])c2)n1C. The molecule has 2 aromatic heterocycles. The summed E-state index contributed by atoms with van der Waals surface area (Å²) in [5.41, 5.74) is 1.44. The van der Waals surface area contributed by atoms with Crippen LogP contribution in [0.2, 0.25) is 0 Å². The van der Waals surface area contributed by atoms with E-state index < -0.39 is 4.92 Å². The zero-order valence-electron chi connectivity index (χ0n) is 14.6. The van der Waals surface area contributed by atoms with Gasteiger partial charge in [-0.1, -0.05) is 30.0 Å². The first-order valence-electron chi connectivity index (χ1n) is 7.94. The molecule has 2 heterocycles. The lowest BCUT2D eigenvalue weighted by Gasteiger charge is -2.07. The number of thioether (sulfide) groups is 1. The molecule has 0 radical (unpaired) electrons. The Kier molecular flexibility index (Phi) is 5.46. The van der Waals surface area contributed by atoms with Crippen LogP contribution >= 0.6 is 11.8 Å². The minimum Gasteiger partial charge on any atom is -0.310 e. The van der Waals surface area contributed by atoms with Crippen LogP contribution in [0.25, 0.3) is 11.4 Å². The van der Waals surface area contributed by atoms with Crippen molar-refractivity contribution in [2.75, 3.05) is 11.1 Å². The first-order valence-corrected chi connectivity index (χ1v) is 8.92. The van der Waals surface area contributed by atoms with E-state index in [0.29, 0.717) is 22.4 Å². The first kappa shape index (κ1) is 18.5. The Hall–Kier alpha value is -3.27. The standard InChI is InChI=1S/C17H16N6O3S/c1-11-5-4-8-18-15(11)19-14(24)10-27-17-21-20-16(22(17)2)12-6-3-7-13(9-12)23(25)26/h3-9H,10H2,1-2H3,(H,18,19,24). The van der Waals surface area contributed by atoms with Crippen LogP contribution in [0.3, 0.4) is 0 Å². The van der Waals surface area contributed by atoms with E-state index in [-0.39, 0.29) is 17.3 Å². The van der Waals surface area contributed by atoms with Gasteiger partial charge >= 0.3 is 0 Å². The first-order chi connectivity index (χ1) is 13.0. The number of non-ortho nitro benzene ring substituents is 1. The molecular formula is C17H16N6O3S. The van der Waals surface area contributed by atoms with Crippen LogP contribution in [0.4, 0.5) is 11.5 Å². The summed E-state index contributed by atoms with van der Waals surface area (Å²) in [6.45, 7) is 1.86. The topological polar surface area (TPSA) is 116 Å². The van der Waals surface area contributed by atoms with Crippen molar-refractivity contribution < 1.29 is 9.72 Å². The summed E-state index contributed by atoms with van der Waals surface area (Å²) in [6, 6.07) is 9.84. The van der Waals surface area contributed by atoms with E-state index in [4.69, 9.17) is 0 Å². The third-order valence-corrected chi connectivity index (χ3v) is 4.77. The molecule has 0 aliphatic carbocycles. The number of rotatable bonds is 6. The Balaban J connectivity index is 1.69. The van der Waals surface area contributed by atoms with Crippen LogP contribution in [-0.4, -0.2) is 36.3 Å². The number of carbonyl (C=O) groups excluding carboxylic acids is 1. The number of nitro groups is 1. The number of nitrogens with zero attached hydrogens (tertiary/aromatic N) is 5. The van der Waals surface area contributed by atoms with Gasteiger partial charge in [-0.15, -0.1) is 10.2 Å². The molecule has 0 aliphatic heterocycles. The van der Waals surface area contributed by atoms with Gasteiger partial charge in [0.1, 0.15) is 5.82 Å². The molecule has 9 nitrogen and oxygen atoms in total. The van der Waals surface area contributed by atoms with Gasteiger partial charge in [0.05, 0.1) is 10.7 Å². The molecule has 10 heteroatoms. The molecule has 3 rings (SSSR count). The highest BCUT2D eigenvalue weighted by molar-refractivity contribution is 7.99. The van der Waals surface area contributed by atoms with Gasteiger partial charge in [-0.3, -0.25) is 14.9 Å². The summed E-state index contributed by atoms with van der Waals surface area (Å²) < 4.78 is 1.70. The molecular weight excluding hydrogens is 368 g/mol. The zero-order chi connectivity index (χ0) is 19.4. The van der Waals surface area contributed by atoms with E-state index >= 15 is 0 Å². The second-order valence-corrected chi connectivity index (χ2v) is 6.62. The van der Waals surface area contributed by atoms with Crippen molar-refractivity contribution in [2.45, 2.75) is 12.1 Å². The van der Waals surface area contributed by atoms with Crippen molar-refractivity contribution in [1.82, 2.24) is 19.7 Å². The van der Waals surface area contributed by atoms with E-state index in [1.807, 2.05) is 13.0 Å². The fourth-order valence-electron chi connectivity index (χ4n) is 2.37. The third kappa shape index (κ3) is 4.29. The molecule has 0 saturated heterocycles. The minimum atomic E-state index is -0.459. The maximum Gasteiger partial charge on any atom is 0.270 e. The van der Waals surface area contributed by atoms with Gasteiger partial charge in [0.25, 0.3) is 5.69 Å². The number of benzene rings is 1. The van der Waals surface area contributed by atoms with Crippen molar-refractivity contribution in [3.05, 3.63) is 58.3 Å². The molecule has 1 N–H and O–H groups in total. The van der Waals surface area contributed by atoms with Crippen molar-refractivity contribution >= 4 is 29.2 Å². The predicted octanol–water partition coefficient (Wildman–Crippen LogP) is 2.82. The highest BCUT2D eigenvalue weighted by Gasteiger charge is 2.15. The monoisotopic (exact) mass is 384 g/mol. The van der Waals surface area contributed by atoms with Gasteiger partial charge in [0, 0.05) is 30.9 Å². The van der Waals surface area contributed by atoms with E-state index in [1.54, 1.807) is 36.0 Å². The largest absolute Gasteiger partial charge is 0.310 e. The second kappa shape index (κ2) is 7.96. The van der Waals surface area contributed by atoms with E-state index in [9.17, 15) is 14.9 Å². The molecule has 3 aromatic rings. The average Bonchev–Trinajstić information content (AvgIpc) is 3.02. The number of aromatic nitrogens is 4. The van der Waals surface area contributed by atoms with Crippen LogP contribution < -0.4 is 5.32 Å². The molecule has 0 fully saturated rings. The summed E-state index contributed by atoms with van der Waals surface area (Å²) in [4.78, 5) is 26.7. The van der Waals surface area contributed by atoms with Gasteiger partial charge < -0.3 is 9.88 Å². The molecule has 0 saturated carbocycles. The summed E-state index contributed by atoms with van der Waals surface area (Å²) in [5, 5.41) is 22.4. The molecule has 0 atom stereocenters. The Morgan fingerprint density at radius 2 is 2.11 bits per heavy atom. The smallest absolute Gasteiger partial charge is 0.270 e. The molecule has 138 valence electrons. The molecule has 1 aromatic carbocycles. The number of pyridine rings is 1. The van der Waals surface area contributed by atoms with Crippen LogP contribution in [0.1, 0.15) is 5.56 Å². The molecule has 1 amide bonds. The number of hydrogen-bond acceptors (Lipinski definition) is 7. The van der Waals surface area contributed by atoms with E-state index in [0.717, 1.165) is 5.56 Å². The van der Waals surface area contributed by atoms with Crippen molar-refractivity contribution in [3.8, 4) is 11.4 Å². The number of amides is 1. The molecule has 0 spiro atoms. The normalized spacial score (nSPS) is 10.6. The van der Waals surface area contributed by atoms with Crippen LogP contribution in [0.15, 0.2) is 47.8 Å². The Morgan fingerprint density at radius 1 is 1.30 bits per heavy atom. The fraction of sp³-hybridized carbons (Fsp3) is 0.176. The van der Waals surface area contributed by atoms with Crippen LogP contribution in [-0.2, 0) is 11.8 Å². The Labute approximate surface area is 159 Å². The summed E-state index contributed by atoms with van der Waals surface area (Å²) in [6.07, 6.45) is 1.61. The fourth-order valence-corrected chi connectivity index (χ4v) is 3.08. The summed E-state index contributed by atoms with van der Waals surface area (Å²) in [7, 11) is 1.75. The lowest BCUT2D eigenvalue weighted by molar-refractivity contribution is -0.384. The second-order valence-electron chi connectivity index (χ2n) is 5.68. The van der Waals surface area contributed by atoms with E-state index in [1.165, 1.54) is 23.9 Å². The number of hydrogen-bond donors (Lipinski definition) is 1. The van der Waals surface area contributed by atoms with Gasteiger partial charge in [0.15, 0.2) is 11.0 Å². The highest BCUT2D eigenvalue weighted by atomic mass is 32.2. The van der Waals surface area contributed by atoms with Crippen molar-refractivity contribution in [3.63, 3.8) is 0 Å². The lowest BCUT2D eigenvalue weighted by Crippen LogP contribution is -2.16. The zero-order valence-corrected chi connectivity index (χ0v) is 15.4. The maximum absolute atomic E-state index is 12.1. The summed E-state index contributed by atoms with van der Waals surface area (Å²) >= 11 is 1.22. The number of anilines is 1. The van der Waals surface area contributed by atoms with Gasteiger partial charge in [-0.2, -0.15) is 0 Å². The molecule has 0 aliphatic rings. The quantitative estimate of drug-likeness (QED) is 0.394. The highest BCUT2D eigenvalue weighted by Crippen LogP contribution is 2.25. The minimum absolute atomic E-state index is 0.0187. The number of nitrogens with one attached hydrogen (secondary N) is 1. The molecule has 0 bridgehead atoms. The van der Waals surface area contributed by atoms with E-state index in [2.05, 4.69) is 20.5 Å².